The molecular weight excluding hydrogens is 400 g/mol. The number of benzene rings is 1. The van der Waals surface area contributed by atoms with E-state index < -0.39 is 16.1 Å². The number of ether oxygens (including phenoxy) is 1. The third-order valence-corrected chi connectivity index (χ3v) is 7.29. The molecule has 0 fully saturated rings. The molecule has 168 valence electrons. The van der Waals surface area contributed by atoms with Gasteiger partial charge in [-0.15, -0.1) is 0 Å². The standard InChI is InChI=1S/C23H36N2O4S/c1-7-12-24(6)15-22-18(4)14-25(19(5)16-26)30(27,28)23-11-10-20(9-8-17(2)3)13-21(23)29-22/h10-11,13,17-19,22,26H,7,12,14-16H2,1-6H3/t18-,19-,22-/m0/s1. The largest absolute Gasteiger partial charge is 0.487 e. The molecule has 0 spiro atoms. The van der Waals surface area contributed by atoms with Gasteiger partial charge in [0.2, 0.25) is 10.0 Å². The monoisotopic (exact) mass is 436 g/mol. The Morgan fingerprint density at radius 1 is 1.33 bits per heavy atom. The number of aliphatic hydroxyl groups is 1. The summed E-state index contributed by atoms with van der Waals surface area (Å²) in [5.74, 6) is 6.72. The number of sulfonamides is 1. The Bertz CT molecular complexity index is 873. The van der Waals surface area contributed by atoms with E-state index in [-0.39, 0.29) is 29.4 Å². The van der Waals surface area contributed by atoms with E-state index in [4.69, 9.17) is 4.74 Å². The van der Waals surface area contributed by atoms with Crippen LogP contribution in [0.4, 0.5) is 0 Å². The number of hydrogen-bond acceptors (Lipinski definition) is 5. The summed E-state index contributed by atoms with van der Waals surface area (Å²) < 4.78 is 34.6. The molecule has 0 saturated carbocycles. The highest BCUT2D eigenvalue weighted by Crippen LogP contribution is 2.34. The van der Waals surface area contributed by atoms with Gasteiger partial charge >= 0.3 is 0 Å². The first-order chi connectivity index (χ1) is 14.1. The van der Waals surface area contributed by atoms with E-state index >= 15 is 0 Å². The van der Waals surface area contributed by atoms with Crippen molar-refractivity contribution in [3.63, 3.8) is 0 Å². The van der Waals surface area contributed by atoms with Crippen molar-refractivity contribution in [1.29, 1.82) is 0 Å². The Morgan fingerprint density at radius 3 is 2.63 bits per heavy atom. The molecule has 0 radical (unpaired) electrons. The van der Waals surface area contributed by atoms with Crippen LogP contribution in [0.5, 0.6) is 5.75 Å². The predicted octanol–water partition coefficient (Wildman–Crippen LogP) is 2.80. The zero-order valence-electron chi connectivity index (χ0n) is 19.1. The first-order valence-electron chi connectivity index (χ1n) is 10.7. The molecule has 3 atom stereocenters. The van der Waals surface area contributed by atoms with Gasteiger partial charge in [-0.3, -0.25) is 0 Å². The van der Waals surface area contributed by atoms with Gasteiger partial charge in [-0.2, -0.15) is 4.31 Å². The van der Waals surface area contributed by atoms with Crippen LogP contribution in [0.2, 0.25) is 0 Å². The van der Waals surface area contributed by atoms with Crippen molar-refractivity contribution in [3.05, 3.63) is 23.8 Å². The Kier molecular flexibility index (Phi) is 8.74. The maximum Gasteiger partial charge on any atom is 0.247 e. The lowest BCUT2D eigenvalue weighted by atomic mass is 10.0. The molecule has 1 aliphatic rings. The van der Waals surface area contributed by atoms with E-state index in [0.29, 0.717) is 18.8 Å². The van der Waals surface area contributed by atoms with E-state index in [0.717, 1.165) is 18.5 Å². The number of rotatable bonds is 6. The summed E-state index contributed by atoms with van der Waals surface area (Å²) in [6.45, 7) is 11.6. The highest BCUT2D eigenvalue weighted by atomic mass is 32.2. The first kappa shape index (κ1) is 24.7. The van der Waals surface area contributed by atoms with Crippen molar-refractivity contribution in [3.8, 4) is 17.6 Å². The minimum atomic E-state index is -3.81. The third-order valence-electron chi connectivity index (χ3n) is 5.27. The molecule has 2 rings (SSSR count). The second-order valence-electron chi connectivity index (χ2n) is 8.59. The molecule has 6 nitrogen and oxygen atoms in total. The van der Waals surface area contributed by atoms with Crippen molar-refractivity contribution in [2.45, 2.75) is 58.1 Å². The van der Waals surface area contributed by atoms with Gasteiger partial charge < -0.3 is 14.7 Å². The van der Waals surface area contributed by atoms with E-state index in [1.165, 1.54) is 4.31 Å². The van der Waals surface area contributed by atoms with E-state index in [9.17, 15) is 13.5 Å². The normalized spacial score (nSPS) is 22.4. The smallest absolute Gasteiger partial charge is 0.247 e. The number of nitrogens with zero attached hydrogens (tertiary/aromatic N) is 2. The van der Waals surface area contributed by atoms with Crippen molar-refractivity contribution in [1.82, 2.24) is 9.21 Å². The summed E-state index contributed by atoms with van der Waals surface area (Å²) in [7, 11) is -1.76. The first-order valence-corrected chi connectivity index (χ1v) is 12.2. The molecule has 1 aliphatic heterocycles. The molecule has 30 heavy (non-hydrogen) atoms. The fourth-order valence-electron chi connectivity index (χ4n) is 3.53. The van der Waals surface area contributed by atoms with E-state index in [2.05, 4.69) is 30.7 Å². The fourth-order valence-corrected chi connectivity index (χ4v) is 5.35. The lowest BCUT2D eigenvalue weighted by Gasteiger charge is -2.37. The van der Waals surface area contributed by atoms with Crippen LogP contribution < -0.4 is 4.74 Å². The average Bonchev–Trinajstić information content (AvgIpc) is 2.68. The average molecular weight is 437 g/mol. The maximum absolute atomic E-state index is 13.4. The Labute approximate surface area is 182 Å². The molecule has 0 aliphatic carbocycles. The summed E-state index contributed by atoms with van der Waals surface area (Å²) in [6.07, 6.45) is 0.850. The van der Waals surface area contributed by atoms with Crippen LogP contribution in [0.15, 0.2) is 23.1 Å². The summed E-state index contributed by atoms with van der Waals surface area (Å²) in [5.41, 5.74) is 0.730. The highest BCUT2D eigenvalue weighted by molar-refractivity contribution is 7.89. The van der Waals surface area contributed by atoms with Crippen molar-refractivity contribution < 1.29 is 18.3 Å². The molecule has 0 saturated heterocycles. The topological polar surface area (TPSA) is 70.1 Å². The summed E-state index contributed by atoms with van der Waals surface area (Å²) in [6, 6.07) is 4.52. The van der Waals surface area contributed by atoms with Crippen LogP contribution in [0.25, 0.3) is 0 Å². The summed E-state index contributed by atoms with van der Waals surface area (Å²) in [4.78, 5) is 2.34. The van der Waals surface area contributed by atoms with E-state index in [1.807, 2.05) is 20.8 Å². The van der Waals surface area contributed by atoms with Gasteiger partial charge in [-0.1, -0.05) is 39.5 Å². The summed E-state index contributed by atoms with van der Waals surface area (Å²) >= 11 is 0. The van der Waals surface area contributed by atoms with Gasteiger partial charge in [0.05, 0.1) is 6.61 Å². The van der Waals surface area contributed by atoms with Gasteiger partial charge in [-0.25, -0.2) is 8.42 Å². The Morgan fingerprint density at radius 2 is 2.03 bits per heavy atom. The van der Waals surface area contributed by atoms with Crippen molar-refractivity contribution in [2.24, 2.45) is 11.8 Å². The van der Waals surface area contributed by atoms with Crippen LogP contribution in [0.1, 0.15) is 46.6 Å². The molecule has 0 unspecified atom stereocenters. The van der Waals surface area contributed by atoms with Gasteiger partial charge in [-0.05, 0) is 45.1 Å². The molecule has 0 aromatic heterocycles. The zero-order valence-corrected chi connectivity index (χ0v) is 19.9. The second kappa shape index (κ2) is 10.6. The molecule has 7 heteroatoms. The number of likely N-dealkylation sites (N-methyl/N-ethyl adjacent to an activating group) is 1. The number of hydrogen-bond donors (Lipinski definition) is 1. The van der Waals surface area contributed by atoms with Gasteiger partial charge in [0.25, 0.3) is 0 Å². The van der Waals surface area contributed by atoms with Crippen LogP contribution in [-0.4, -0.2) is 68.2 Å². The van der Waals surface area contributed by atoms with Gasteiger partial charge in [0.15, 0.2) is 0 Å². The lowest BCUT2D eigenvalue weighted by molar-refractivity contribution is 0.0752. The minimum absolute atomic E-state index is 0.0494. The Hall–Kier alpha value is -1.59. The third kappa shape index (κ3) is 5.98. The summed E-state index contributed by atoms with van der Waals surface area (Å²) in [5, 5.41) is 9.70. The van der Waals surface area contributed by atoms with Gasteiger partial charge in [0, 0.05) is 36.5 Å². The molecule has 1 N–H and O–H groups in total. The number of aliphatic hydroxyl groups excluding tert-OH is 1. The quantitative estimate of drug-likeness (QED) is 0.695. The molecular formula is C23H36N2O4S. The molecule has 1 heterocycles. The molecule has 1 aromatic rings. The molecule has 0 amide bonds. The Balaban J connectivity index is 2.56. The fraction of sp³-hybridized carbons (Fsp3) is 0.652. The van der Waals surface area contributed by atoms with Crippen LogP contribution in [-0.2, 0) is 10.0 Å². The van der Waals surface area contributed by atoms with Crippen molar-refractivity contribution >= 4 is 10.0 Å². The maximum atomic E-state index is 13.4. The van der Waals surface area contributed by atoms with Crippen molar-refractivity contribution in [2.75, 3.05) is 33.3 Å². The molecule has 1 aromatic carbocycles. The SMILES string of the molecule is CCCN(C)C[C@@H]1Oc2cc(C#CC(C)C)ccc2S(=O)(=O)N([C@@H](C)CO)C[C@@H]1C. The minimum Gasteiger partial charge on any atom is -0.487 e. The van der Waals surface area contributed by atoms with Crippen LogP contribution >= 0.6 is 0 Å². The zero-order chi connectivity index (χ0) is 22.5. The van der Waals surface area contributed by atoms with E-state index in [1.54, 1.807) is 25.1 Å². The number of fused-ring (bicyclic) bond motifs is 1. The highest BCUT2D eigenvalue weighted by Gasteiger charge is 2.38. The van der Waals surface area contributed by atoms with Crippen LogP contribution in [0.3, 0.4) is 0 Å². The van der Waals surface area contributed by atoms with Gasteiger partial charge in [0.1, 0.15) is 16.7 Å². The lowest BCUT2D eigenvalue weighted by Crippen LogP contribution is -2.49. The van der Waals surface area contributed by atoms with Crippen LogP contribution in [0, 0.1) is 23.7 Å². The second-order valence-corrected chi connectivity index (χ2v) is 10.4. The predicted molar refractivity (Wildman–Crippen MR) is 120 cm³/mol. The molecule has 0 bridgehead atoms.